The average Bonchev–Trinajstić information content (AvgIpc) is 3.16. The molecule has 0 saturated heterocycles. The lowest BCUT2D eigenvalue weighted by atomic mass is 9.67. The van der Waals surface area contributed by atoms with Gasteiger partial charge in [-0.1, -0.05) is 137 Å². The average molecular weight is 705 g/mol. The van der Waals surface area contributed by atoms with Crippen LogP contribution in [0.3, 0.4) is 0 Å². The van der Waals surface area contributed by atoms with Crippen LogP contribution in [0.1, 0.15) is 87.7 Å². The van der Waals surface area contributed by atoms with Gasteiger partial charge < -0.3 is 10.6 Å². The van der Waals surface area contributed by atoms with Crippen molar-refractivity contribution in [3.05, 3.63) is 155 Å². The summed E-state index contributed by atoms with van der Waals surface area (Å²) in [4.78, 5) is 27.9. The van der Waals surface area contributed by atoms with Crippen LogP contribution in [0.15, 0.2) is 132 Å². The summed E-state index contributed by atoms with van der Waals surface area (Å²) in [6, 6.07) is 42.7. The van der Waals surface area contributed by atoms with Gasteiger partial charge in [0.2, 0.25) is 0 Å². The Bertz CT molecular complexity index is 2450. The molecule has 0 amide bonds. The van der Waals surface area contributed by atoms with Crippen LogP contribution < -0.4 is 10.6 Å². The summed E-state index contributed by atoms with van der Waals surface area (Å²) in [5.74, 6) is 0.477. The number of carbonyl (C=O) groups is 2. The van der Waals surface area contributed by atoms with E-state index in [1.165, 1.54) is 43.8 Å². The molecule has 0 bridgehead atoms. The van der Waals surface area contributed by atoms with Gasteiger partial charge in [-0.3, -0.25) is 9.59 Å². The van der Waals surface area contributed by atoms with Crippen LogP contribution in [0.5, 0.6) is 0 Å². The number of hydrogen-bond acceptors (Lipinski definition) is 4. The Morgan fingerprint density at radius 1 is 0.463 bits per heavy atom. The number of fused-ring (bicyclic) bond motifs is 8. The SMILES string of the molecule is CC1(C)CC(=O)C2=C(C1)c1c(ccc3ccccc13)NC2c1ccc(-c2ccc(C3Nc4ccc5ccccc5c4C4=C3C(=O)CC(C)(C)C4)cc2)cc1. The van der Waals surface area contributed by atoms with E-state index >= 15 is 0 Å². The molecule has 266 valence electrons. The van der Waals surface area contributed by atoms with Crippen LogP contribution in [0, 0.1) is 10.8 Å². The highest BCUT2D eigenvalue weighted by atomic mass is 16.1. The topological polar surface area (TPSA) is 58.2 Å². The maximum Gasteiger partial charge on any atom is 0.162 e. The van der Waals surface area contributed by atoms with Gasteiger partial charge in [0, 0.05) is 46.5 Å². The minimum absolute atomic E-state index is 0.0913. The standard InChI is InChI=1S/C50H44N2O2/c1-49(2)25-37-43-35-11-7-5-9-31(35)21-23-39(43)51-47(45(37)41(53)27-49)33-17-13-29(14-18-33)30-15-19-34(20-16-30)48-46-38(26-50(3,4)28-42(46)54)44-36-12-8-6-10-32(36)22-24-40(44)52-48/h5-24,47-48,51-52H,25-28H2,1-4H3. The molecule has 6 aromatic carbocycles. The summed E-state index contributed by atoms with van der Waals surface area (Å²) in [6.45, 7) is 8.85. The number of hydrogen-bond donors (Lipinski definition) is 2. The van der Waals surface area contributed by atoms with E-state index in [4.69, 9.17) is 0 Å². The van der Waals surface area contributed by atoms with E-state index in [-0.39, 0.29) is 34.5 Å². The quantitative estimate of drug-likeness (QED) is 0.193. The predicted octanol–water partition coefficient (Wildman–Crippen LogP) is 12.3. The number of Topliss-reactive ketones (excluding diaryl/α,β-unsaturated/α-hetero) is 2. The van der Waals surface area contributed by atoms with Gasteiger partial charge in [-0.05, 0) is 90.7 Å². The van der Waals surface area contributed by atoms with Gasteiger partial charge in [0.1, 0.15) is 0 Å². The van der Waals surface area contributed by atoms with E-state index in [1.54, 1.807) is 0 Å². The number of anilines is 2. The number of nitrogens with one attached hydrogen (secondary N) is 2. The summed E-state index contributed by atoms with van der Waals surface area (Å²) in [7, 11) is 0. The van der Waals surface area contributed by atoms with Crippen molar-refractivity contribution >= 4 is 55.6 Å². The molecule has 2 aliphatic heterocycles. The van der Waals surface area contributed by atoms with E-state index in [1.807, 2.05) is 0 Å². The van der Waals surface area contributed by atoms with Crippen molar-refractivity contribution in [2.75, 3.05) is 10.6 Å². The van der Waals surface area contributed by atoms with Crippen molar-refractivity contribution in [2.24, 2.45) is 10.8 Å². The number of rotatable bonds is 3. The molecule has 4 aliphatic rings. The molecule has 0 spiro atoms. The first-order valence-corrected chi connectivity index (χ1v) is 19.3. The summed E-state index contributed by atoms with van der Waals surface area (Å²) in [5.41, 5.74) is 13.0. The van der Waals surface area contributed by atoms with Crippen LogP contribution >= 0.6 is 0 Å². The van der Waals surface area contributed by atoms with Gasteiger partial charge in [0.25, 0.3) is 0 Å². The molecule has 2 unspecified atom stereocenters. The highest BCUT2D eigenvalue weighted by Crippen LogP contribution is 2.54. The van der Waals surface area contributed by atoms with E-state index in [0.29, 0.717) is 12.8 Å². The fourth-order valence-corrected chi connectivity index (χ4v) is 9.91. The molecule has 4 nitrogen and oxygen atoms in total. The zero-order valence-corrected chi connectivity index (χ0v) is 31.3. The Balaban J connectivity index is 0.986. The first-order chi connectivity index (χ1) is 26.0. The summed E-state index contributed by atoms with van der Waals surface area (Å²) in [5, 5.41) is 12.4. The highest BCUT2D eigenvalue weighted by molar-refractivity contribution is 6.14. The first-order valence-electron chi connectivity index (χ1n) is 19.3. The molecule has 4 heteroatoms. The zero-order chi connectivity index (χ0) is 36.9. The minimum Gasteiger partial charge on any atom is -0.373 e. The predicted molar refractivity (Wildman–Crippen MR) is 222 cm³/mol. The third-order valence-corrected chi connectivity index (χ3v) is 12.3. The molecule has 0 radical (unpaired) electrons. The van der Waals surface area contributed by atoms with Crippen molar-refractivity contribution in [3.8, 4) is 11.1 Å². The second-order valence-corrected chi connectivity index (χ2v) is 17.5. The normalized spacial score (nSPS) is 21.2. The van der Waals surface area contributed by atoms with Gasteiger partial charge in [-0.15, -0.1) is 0 Å². The fraction of sp³-hybridized carbons (Fsp3) is 0.240. The zero-order valence-electron chi connectivity index (χ0n) is 31.3. The molecule has 2 atom stereocenters. The molecule has 0 saturated carbocycles. The molecule has 0 aromatic heterocycles. The maximum atomic E-state index is 14.0. The van der Waals surface area contributed by atoms with Crippen molar-refractivity contribution in [1.82, 2.24) is 0 Å². The second-order valence-electron chi connectivity index (χ2n) is 17.5. The molecule has 2 heterocycles. The molecule has 2 aliphatic carbocycles. The third kappa shape index (κ3) is 5.26. The Kier molecular flexibility index (Phi) is 7.23. The van der Waals surface area contributed by atoms with E-state index in [2.05, 4.69) is 160 Å². The monoisotopic (exact) mass is 704 g/mol. The van der Waals surface area contributed by atoms with Gasteiger partial charge in [0.05, 0.1) is 12.1 Å². The van der Waals surface area contributed by atoms with Gasteiger partial charge in [-0.2, -0.15) is 0 Å². The van der Waals surface area contributed by atoms with Crippen molar-refractivity contribution in [3.63, 3.8) is 0 Å². The van der Waals surface area contributed by atoms with Crippen LogP contribution in [-0.4, -0.2) is 11.6 Å². The van der Waals surface area contributed by atoms with Crippen LogP contribution in [0.4, 0.5) is 11.4 Å². The van der Waals surface area contributed by atoms with Crippen molar-refractivity contribution in [2.45, 2.75) is 65.5 Å². The molecule has 6 aromatic rings. The summed E-state index contributed by atoms with van der Waals surface area (Å²) in [6.07, 6.45) is 2.84. The smallest absolute Gasteiger partial charge is 0.162 e. The maximum absolute atomic E-state index is 14.0. The minimum atomic E-state index is -0.202. The Morgan fingerprint density at radius 3 is 1.26 bits per heavy atom. The lowest BCUT2D eigenvalue weighted by Crippen LogP contribution is -2.33. The van der Waals surface area contributed by atoms with Crippen molar-refractivity contribution < 1.29 is 9.59 Å². The Labute approximate surface area is 317 Å². The fourth-order valence-electron chi connectivity index (χ4n) is 9.91. The molecular weight excluding hydrogens is 661 g/mol. The molecule has 0 fully saturated rings. The Hall–Kier alpha value is -5.74. The Morgan fingerprint density at radius 2 is 0.852 bits per heavy atom. The second kappa shape index (κ2) is 11.9. The summed E-state index contributed by atoms with van der Waals surface area (Å²) < 4.78 is 0. The molecule has 10 rings (SSSR count). The highest BCUT2D eigenvalue weighted by Gasteiger charge is 2.42. The van der Waals surface area contributed by atoms with Crippen LogP contribution in [-0.2, 0) is 9.59 Å². The first kappa shape index (κ1) is 32.9. The third-order valence-electron chi connectivity index (χ3n) is 12.3. The largest absolute Gasteiger partial charge is 0.373 e. The summed E-state index contributed by atoms with van der Waals surface area (Å²) >= 11 is 0. The van der Waals surface area contributed by atoms with Gasteiger partial charge in [0.15, 0.2) is 11.6 Å². The number of benzene rings is 6. The van der Waals surface area contributed by atoms with Gasteiger partial charge in [-0.25, -0.2) is 0 Å². The van der Waals surface area contributed by atoms with Crippen LogP contribution in [0.25, 0.3) is 43.8 Å². The number of carbonyl (C=O) groups excluding carboxylic acids is 2. The van der Waals surface area contributed by atoms with Crippen LogP contribution in [0.2, 0.25) is 0 Å². The van der Waals surface area contributed by atoms with E-state index in [9.17, 15) is 9.59 Å². The van der Waals surface area contributed by atoms with Gasteiger partial charge >= 0.3 is 0 Å². The lowest BCUT2D eigenvalue weighted by Gasteiger charge is -2.40. The molecular formula is C50H44N2O2. The number of allylic oxidation sites excluding steroid dienone is 2. The van der Waals surface area contributed by atoms with E-state index in [0.717, 1.165) is 57.6 Å². The molecule has 2 N–H and O–H groups in total. The number of ketones is 2. The van der Waals surface area contributed by atoms with E-state index < -0.39 is 0 Å². The lowest BCUT2D eigenvalue weighted by molar-refractivity contribution is -0.118. The molecule has 54 heavy (non-hydrogen) atoms. The van der Waals surface area contributed by atoms with Crippen molar-refractivity contribution in [1.29, 1.82) is 0 Å².